The maximum Gasteiger partial charge on any atom is 0.313 e. The summed E-state index contributed by atoms with van der Waals surface area (Å²) in [6.07, 6.45) is 1.75. The molecule has 0 atom stereocenters. The molecule has 60 valence electrons. The zero-order valence-electron chi connectivity index (χ0n) is 6.29. The van der Waals surface area contributed by atoms with E-state index in [0.717, 1.165) is 29.8 Å². The first-order valence-electron chi connectivity index (χ1n) is 3.75. The molecule has 1 aliphatic rings. The molecule has 0 bridgehead atoms. The van der Waals surface area contributed by atoms with E-state index in [0.29, 0.717) is 10.9 Å². The van der Waals surface area contributed by atoms with E-state index in [4.69, 9.17) is 9.15 Å². The zero-order valence-corrected chi connectivity index (χ0v) is 7.10. The van der Waals surface area contributed by atoms with Gasteiger partial charge in [-0.3, -0.25) is 0 Å². The van der Waals surface area contributed by atoms with Crippen molar-refractivity contribution < 1.29 is 9.15 Å². The number of hydrogen-bond acceptors (Lipinski definition) is 2. The minimum absolute atomic E-state index is 0.331. The van der Waals surface area contributed by atoms with Gasteiger partial charge in [-0.25, -0.2) is 0 Å². The van der Waals surface area contributed by atoms with Crippen molar-refractivity contribution in [3.05, 3.63) is 18.4 Å². The highest BCUT2D eigenvalue weighted by atomic mass is 32.2. The molecular weight excluding hydrogens is 160 g/mol. The molecule has 2 heterocycles. The second-order valence-corrected chi connectivity index (χ2v) is 4.65. The lowest BCUT2D eigenvalue weighted by Gasteiger charge is -2.10. The standard InChI is InChI=1S/C8H11O2S/c1-2-8(10-3-1)11-6-4-9-5-7-11/h1-3H,4-7H2/q+1. The molecular formula is C8H11O2S+. The quantitative estimate of drug-likeness (QED) is 0.594. The maximum absolute atomic E-state index is 5.33. The van der Waals surface area contributed by atoms with Gasteiger partial charge in [0.25, 0.3) is 0 Å². The van der Waals surface area contributed by atoms with Crippen LogP contribution < -0.4 is 0 Å². The van der Waals surface area contributed by atoms with Gasteiger partial charge < -0.3 is 9.15 Å². The third kappa shape index (κ3) is 1.60. The second kappa shape index (κ2) is 3.32. The molecule has 0 spiro atoms. The van der Waals surface area contributed by atoms with E-state index in [-0.39, 0.29) is 0 Å². The van der Waals surface area contributed by atoms with Crippen LogP contribution >= 0.6 is 0 Å². The fourth-order valence-electron chi connectivity index (χ4n) is 1.15. The molecule has 2 rings (SSSR count). The third-order valence-corrected chi connectivity index (χ3v) is 3.85. The molecule has 0 radical (unpaired) electrons. The predicted octanol–water partition coefficient (Wildman–Crippen LogP) is 1.29. The monoisotopic (exact) mass is 171 g/mol. The van der Waals surface area contributed by atoms with Gasteiger partial charge in [0.2, 0.25) is 0 Å². The number of hydrogen-bond donors (Lipinski definition) is 0. The molecule has 0 N–H and O–H groups in total. The van der Waals surface area contributed by atoms with E-state index in [9.17, 15) is 0 Å². The van der Waals surface area contributed by atoms with Gasteiger partial charge in [-0.15, -0.1) is 0 Å². The van der Waals surface area contributed by atoms with Crippen molar-refractivity contribution in [2.75, 3.05) is 24.7 Å². The van der Waals surface area contributed by atoms with E-state index in [2.05, 4.69) is 6.07 Å². The van der Waals surface area contributed by atoms with Gasteiger partial charge in [-0.2, -0.15) is 0 Å². The van der Waals surface area contributed by atoms with Gasteiger partial charge in [0.1, 0.15) is 11.5 Å². The van der Waals surface area contributed by atoms with Crippen molar-refractivity contribution in [3.8, 4) is 0 Å². The molecule has 0 unspecified atom stereocenters. The highest BCUT2D eigenvalue weighted by Gasteiger charge is 2.27. The first kappa shape index (κ1) is 7.25. The Morgan fingerprint density at radius 3 is 2.73 bits per heavy atom. The van der Waals surface area contributed by atoms with Crippen molar-refractivity contribution >= 4 is 10.9 Å². The summed E-state index contributed by atoms with van der Waals surface area (Å²) < 4.78 is 10.6. The Hall–Kier alpha value is -0.410. The minimum Gasteiger partial charge on any atom is -0.425 e. The molecule has 1 aliphatic heterocycles. The molecule has 1 saturated heterocycles. The fraction of sp³-hybridized carbons (Fsp3) is 0.500. The third-order valence-electron chi connectivity index (χ3n) is 1.73. The van der Waals surface area contributed by atoms with Crippen molar-refractivity contribution in [2.45, 2.75) is 5.09 Å². The van der Waals surface area contributed by atoms with Gasteiger partial charge >= 0.3 is 5.09 Å². The highest BCUT2D eigenvalue weighted by Crippen LogP contribution is 2.16. The molecule has 3 heteroatoms. The van der Waals surface area contributed by atoms with Crippen molar-refractivity contribution in [3.63, 3.8) is 0 Å². The summed E-state index contributed by atoms with van der Waals surface area (Å²) in [5.74, 6) is 2.26. The largest absolute Gasteiger partial charge is 0.425 e. The van der Waals surface area contributed by atoms with Gasteiger partial charge in [0.05, 0.1) is 30.4 Å². The summed E-state index contributed by atoms with van der Waals surface area (Å²) in [5.41, 5.74) is 0. The summed E-state index contributed by atoms with van der Waals surface area (Å²) >= 11 is 0. The van der Waals surface area contributed by atoms with Crippen LogP contribution in [0.3, 0.4) is 0 Å². The lowest BCUT2D eigenvalue weighted by Crippen LogP contribution is -2.25. The lowest BCUT2D eigenvalue weighted by atomic mass is 10.7. The number of ether oxygens (including phenoxy) is 1. The first-order valence-corrected chi connectivity index (χ1v) is 5.32. The molecule has 0 aromatic carbocycles. The van der Waals surface area contributed by atoms with Crippen molar-refractivity contribution in [2.24, 2.45) is 0 Å². The van der Waals surface area contributed by atoms with Crippen molar-refractivity contribution in [1.29, 1.82) is 0 Å². The first-order chi connectivity index (χ1) is 5.47. The van der Waals surface area contributed by atoms with Crippen LogP contribution in [0.2, 0.25) is 0 Å². The normalized spacial score (nSPS) is 20.4. The molecule has 0 saturated carbocycles. The highest BCUT2D eigenvalue weighted by molar-refractivity contribution is 7.96. The topological polar surface area (TPSA) is 22.4 Å². The SMILES string of the molecule is c1coc([S+]2CCOCC2)c1. The number of rotatable bonds is 1. The lowest BCUT2D eigenvalue weighted by molar-refractivity contribution is 0.159. The smallest absolute Gasteiger partial charge is 0.313 e. The van der Waals surface area contributed by atoms with E-state index in [1.165, 1.54) is 0 Å². The van der Waals surface area contributed by atoms with Gasteiger partial charge in [0, 0.05) is 6.07 Å². The van der Waals surface area contributed by atoms with Crippen LogP contribution in [0.4, 0.5) is 0 Å². The van der Waals surface area contributed by atoms with Crippen LogP contribution in [-0.4, -0.2) is 24.7 Å². The zero-order chi connectivity index (χ0) is 7.52. The Morgan fingerprint density at radius 1 is 1.27 bits per heavy atom. The predicted molar refractivity (Wildman–Crippen MR) is 44.9 cm³/mol. The fourth-order valence-corrected chi connectivity index (χ4v) is 2.86. The average Bonchev–Trinajstić information content (AvgIpc) is 2.58. The molecule has 2 nitrogen and oxygen atoms in total. The molecule has 0 aliphatic carbocycles. The Labute approximate surface area is 68.9 Å². The molecule has 11 heavy (non-hydrogen) atoms. The van der Waals surface area contributed by atoms with Crippen LogP contribution in [0, 0.1) is 0 Å². The maximum atomic E-state index is 5.33. The van der Waals surface area contributed by atoms with Crippen LogP contribution in [0.25, 0.3) is 0 Å². The van der Waals surface area contributed by atoms with Crippen LogP contribution in [-0.2, 0) is 15.6 Å². The average molecular weight is 171 g/mol. The van der Waals surface area contributed by atoms with Crippen LogP contribution in [0.1, 0.15) is 0 Å². The van der Waals surface area contributed by atoms with E-state index < -0.39 is 0 Å². The second-order valence-electron chi connectivity index (χ2n) is 2.45. The van der Waals surface area contributed by atoms with Gasteiger partial charge in [0.15, 0.2) is 0 Å². The summed E-state index contributed by atoms with van der Waals surface area (Å²) in [7, 11) is 0.331. The van der Waals surface area contributed by atoms with Crippen molar-refractivity contribution in [1.82, 2.24) is 0 Å². The van der Waals surface area contributed by atoms with E-state index in [1.54, 1.807) is 6.26 Å². The van der Waals surface area contributed by atoms with Crippen LogP contribution in [0.5, 0.6) is 0 Å². The summed E-state index contributed by atoms with van der Waals surface area (Å²) in [6.45, 7) is 1.79. The summed E-state index contributed by atoms with van der Waals surface area (Å²) in [6, 6.07) is 4.02. The molecule has 0 amide bonds. The summed E-state index contributed by atoms with van der Waals surface area (Å²) in [5, 5.41) is 1.15. The van der Waals surface area contributed by atoms with Crippen LogP contribution in [0.15, 0.2) is 27.9 Å². The molecule has 1 aromatic rings. The summed E-state index contributed by atoms with van der Waals surface area (Å²) in [4.78, 5) is 0. The van der Waals surface area contributed by atoms with E-state index >= 15 is 0 Å². The Bertz CT molecular complexity index is 202. The Balaban J connectivity index is 2.04. The van der Waals surface area contributed by atoms with Gasteiger partial charge in [-0.1, -0.05) is 0 Å². The molecule has 1 aromatic heterocycles. The minimum atomic E-state index is 0.331. The number of furan rings is 1. The van der Waals surface area contributed by atoms with E-state index in [1.807, 2.05) is 6.07 Å². The Kier molecular flexibility index (Phi) is 2.19. The van der Waals surface area contributed by atoms with Gasteiger partial charge in [-0.05, 0) is 6.07 Å². The molecule has 1 fully saturated rings. The Morgan fingerprint density at radius 2 is 2.09 bits per heavy atom.